The number of nitrogens with one attached hydrogen (secondary N) is 1. The van der Waals surface area contributed by atoms with Gasteiger partial charge in [-0.25, -0.2) is 13.4 Å². The first kappa shape index (κ1) is 14.8. The van der Waals surface area contributed by atoms with Crippen LogP contribution < -0.4 is 4.72 Å². The Morgan fingerprint density at radius 1 is 1.30 bits per heavy atom. The van der Waals surface area contributed by atoms with Crippen molar-refractivity contribution in [1.29, 1.82) is 5.26 Å². The van der Waals surface area contributed by atoms with Crippen molar-refractivity contribution in [1.82, 2.24) is 4.98 Å². The Labute approximate surface area is 129 Å². The molecule has 0 aliphatic heterocycles. The van der Waals surface area contributed by atoms with Gasteiger partial charge in [0, 0.05) is 10.7 Å². The zero-order valence-electron chi connectivity index (χ0n) is 9.84. The lowest BCUT2D eigenvalue weighted by Gasteiger charge is -2.09. The van der Waals surface area contributed by atoms with Crippen molar-refractivity contribution in [3.8, 4) is 6.07 Å². The largest absolute Gasteiger partial charge is 0.264 e. The van der Waals surface area contributed by atoms with Gasteiger partial charge in [-0.2, -0.15) is 5.26 Å². The number of nitriles is 1. The second-order valence-corrected chi connectivity index (χ2v) is 6.70. The quantitative estimate of drug-likeness (QED) is 0.897. The summed E-state index contributed by atoms with van der Waals surface area (Å²) in [6.07, 6.45) is 1.28. The van der Waals surface area contributed by atoms with Gasteiger partial charge in [0.2, 0.25) is 0 Å². The molecule has 0 fully saturated rings. The van der Waals surface area contributed by atoms with Gasteiger partial charge in [0.15, 0.2) is 0 Å². The maximum Gasteiger partial charge on any atom is 0.264 e. The molecule has 0 saturated carbocycles. The van der Waals surface area contributed by atoms with Crippen LogP contribution in [-0.2, 0) is 10.0 Å². The van der Waals surface area contributed by atoms with Crippen LogP contribution in [0.3, 0.4) is 0 Å². The molecule has 0 amide bonds. The Kier molecular flexibility index (Phi) is 4.28. The van der Waals surface area contributed by atoms with Gasteiger partial charge in [-0.15, -0.1) is 0 Å². The predicted octanol–water partition coefficient (Wildman–Crippen LogP) is 3.17. The van der Waals surface area contributed by atoms with E-state index in [1.165, 1.54) is 30.5 Å². The number of hydrogen-bond donors (Lipinski definition) is 1. The van der Waals surface area contributed by atoms with Crippen LogP contribution in [0.2, 0.25) is 5.02 Å². The van der Waals surface area contributed by atoms with E-state index < -0.39 is 10.0 Å². The summed E-state index contributed by atoms with van der Waals surface area (Å²) in [6.45, 7) is 0. The van der Waals surface area contributed by atoms with E-state index in [1.54, 1.807) is 6.07 Å². The number of hydrogen-bond acceptors (Lipinski definition) is 4. The molecule has 1 aromatic carbocycles. The predicted molar refractivity (Wildman–Crippen MR) is 78.9 cm³/mol. The van der Waals surface area contributed by atoms with Gasteiger partial charge in [-0.05, 0) is 30.3 Å². The average molecular weight is 373 g/mol. The summed E-state index contributed by atoms with van der Waals surface area (Å²) < 4.78 is 27.3. The molecule has 0 saturated heterocycles. The number of sulfonamides is 1. The SMILES string of the molecule is N#Cc1ccc(NS(=O)(=O)c2ccc(Br)cc2Cl)nc1. The van der Waals surface area contributed by atoms with Gasteiger partial charge in [0.05, 0.1) is 10.6 Å². The van der Waals surface area contributed by atoms with Gasteiger partial charge in [-0.1, -0.05) is 27.5 Å². The smallest absolute Gasteiger partial charge is 0.263 e. The monoisotopic (exact) mass is 371 g/mol. The van der Waals surface area contributed by atoms with Crippen molar-refractivity contribution in [2.24, 2.45) is 0 Å². The van der Waals surface area contributed by atoms with Gasteiger partial charge < -0.3 is 0 Å². The van der Waals surface area contributed by atoms with E-state index in [0.29, 0.717) is 10.0 Å². The van der Waals surface area contributed by atoms with E-state index in [4.69, 9.17) is 16.9 Å². The minimum absolute atomic E-state index is 0.0477. The zero-order valence-corrected chi connectivity index (χ0v) is 13.0. The normalized spacial score (nSPS) is 10.8. The van der Waals surface area contributed by atoms with E-state index in [-0.39, 0.29) is 15.7 Å². The summed E-state index contributed by atoms with van der Waals surface area (Å²) >= 11 is 9.12. The number of aromatic nitrogens is 1. The molecule has 0 radical (unpaired) electrons. The Morgan fingerprint density at radius 3 is 2.60 bits per heavy atom. The van der Waals surface area contributed by atoms with Crippen molar-refractivity contribution in [2.75, 3.05) is 4.72 Å². The highest BCUT2D eigenvalue weighted by molar-refractivity contribution is 9.10. The maximum atomic E-state index is 12.2. The first-order chi connectivity index (χ1) is 9.42. The fourth-order valence-electron chi connectivity index (χ4n) is 1.41. The van der Waals surface area contributed by atoms with Crippen LogP contribution in [0.1, 0.15) is 5.56 Å². The van der Waals surface area contributed by atoms with Crippen LogP contribution in [0.5, 0.6) is 0 Å². The lowest BCUT2D eigenvalue weighted by atomic mass is 10.3. The molecule has 102 valence electrons. The average Bonchev–Trinajstić information content (AvgIpc) is 2.38. The van der Waals surface area contributed by atoms with Crippen LogP contribution in [0, 0.1) is 11.3 Å². The highest BCUT2D eigenvalue weighted by Crippen LogP contribution is 2.26. The molecule has 0 aliphatic carbocycles. The molecule has 0 unspecified atom stereocenters. The van der Waals surface area contributed by atoms with Crippen LogP contribution in [0.15, 0.2) is 45.9 Å². The zero-order chi connectivity index (χ0) is 14.8. The topological polar surface area (TPSA) is 82.9 Å². The van der Waals surface area contributed by atoms with E-state index in [9.17, 15) is 8.42 Å². The number of nitrogens with zero attached hydrogens (tertiary/aromatic N) is 2. The molecule has 1 aromatic heterocycles. The third-order valence-electron chi connectivity index (χ3n) is 2.31. The molecule has 0 aliphatic rings. The number of anilines is 1. The Morgan fingerprint density at radius 2 is 2.05 bits per heavy atom. The third kappa shape index (κ3) is 3.28. The van der Waals surface area contributed by atoms with Crippen molar-refractivity contribution < 1.29 is 8.42 Å². The number of benzene rings is 1. The summed E-state index contributed by atoms with van der Waals surface area (Å²) in [5, 5.41) is 8.75. The molecule has 1 N–H and O–H groups in total. The van der Waals surface area contributed by atoms with Crippen LogP contribution in [-0.4, -0.2) is 13.4 Å². The van der Waals surface area contributed by atoms with Crippen LogP contribution >= 0.6 is 27.5 Å². The Bertz CT molecular complexity index is 785. The van der Waals surface area contributed by atoms with Gasteiger partial charge in [0.25, 0.3) is 10.0 Å². The minimum atomic E-state index is -3.83. The Balaban J connectivity index is 2.33. The summed E-state index contributed by atoms with van der Waals surface area (Å²) in [4.78, 5) is 3.79. The summed E-state index contributed by atoms with van der Waals surface area (Å²) in [5.41, 5.74) is 0.342. The lowest BCUT2D eigenvalue weighted by molar-refractivity contribution is 0.601. The van der Waals surface area contributed by atoms with Crippen molar-refractivity contribution >= 4 is 43.4 Å². The number of rotatable bonds is 3. The summed E-state index contributed by atoms with van der Waals surface area (Å²) in [6, 6.07) is 9.22. The third-order valence-corrected chi connectivity index (χ3v) is 4.65. The molecule has 0 spiro atoms. The van der Waals surface area contributed by atoms with E-state index in [2.05, 4.69) is 25.6 Å². The Hall–Kier alpha value is -1.62. The van der Waals surface area contributed by atoms with E-state index >= 15 is 0 Å². The standard InChI is InChI=1S/C12H7BrClN3O2S/c13-9-2-3-11(10(14)5-9)20(18,19)17-12-4-1-8(6-15)7-16-12/h1-5,7H,(H,16,17). The van der Waals surface area contributed by atoms with Gasteiger partial charge in [-0.3, -0.25) is 4.72 Å². The molecule has 2 rings (SSSR count). The maximum absolute atomic E-state index is 12.2. The second kappa shape index (κ2) is 5.79. The fraction of sp³-hybridized carbons (Fsp3) is 0. The first-order valence-corrected chi connectivity index (χ1v) is 7.92. The minimum Gasteiger partial charge on any atom is -0.263 e. The molecule has 5 nitrogen and oxygen atoms in total. The molecule has 1 heterocycles. The highest BCUT2D eigenvalue weighted by atomic mass is 79.9. The number of halogens is 2. The molecule has 8 heteroatoms. The van der Waals surface area contributed by atoms with Gasteiger partial charge >= 0.3 is 0 Å². The fourth-order valence-corrected chi connectivity index (χ4v) is 3.45. The first-order valence-electron chi connectivity index (χ1n) is 5.26. The highest BCUT2D eigenvalue weighted by Gasteiger charge is 2.18. The molecule has 20 heavy (non-hydrogen) atoms. The summed E-state index contributed by atoms with van der Waals surface area (Å²) in [5.74, 6) is 0.114. The molecule has 0 bridgehead atoms. The van der Waals surface area contributed by atoms with E-state index in [1.807, 2.05) is 6.07 Å². The molecular formula is C12H7BrClN3O2S. The van der Waals surface area contributed by atoms with E-state index in [0.717, 1.165) is 0 Å². The second-order valence-electron chi connectivity index (χ2n) is 3.72. The van der Waals surface area contributed by atoms with Crippen LogP contribution in [0.25, 0.3) is 0 Å². The van der Waals surface area contributed by atoms with Crippen LogP contribution in [0.4, 0.5) is 5.82 Å². The molecule has 2 aromatic rings. The summed E-state index contributed by atoms with van der Waals surface area (Å²) in [7, 11) is -3.83. The molecular weight excluding hydrogens is 366 g/mol. The van der Waals surface area contributed by atoms with Crippen molar-refractivity contribution in [2.45, 2.75) is 4.90 Å². The molecule has 0 atom stereocenters. The van der Waals surface area contributed by atoms with Gasteiger partial charge in [0.1, 0.15) is 16.8 Å². The van der Waals surface area contributed by atoms with Crippen molar-refractivity contribution in [3.63, 3.8) is 0 Å². The lowest BCUT2D eigenvalue weighted by Crippen LogP contribution is -2.14. The van der Waals surface area contributed by atoms with Crippen molar-refractivity contribution in [3.05, 3.63) is 51.6 Å². The number of pyridine rings is 1.